The van der Waals surface area contributed by atoms with Crippen LogP contribution in [0.5, 0.6) is 0 Å². The molecule has 0 rings (SSSR count). The van der Waals surface area contributed by atoms with Crippen LogP contribution in [-0.2, 0) is 27.8 Å². The Kier molecular flexibility index (Phi) is 20.8. The molecule has 5 atom stereocenters. The Hall–Kier alpha value is -0.0462. The Balaban J connectivity index is 3.70. The normalized spacial score (nSPS) is 16.9. The SMILES string of the molecule is C[Si](C)(C)O[Si](C)(C)CCCOCC(O)COCC(O)COCC(O)COCC(O)COCC(O)CO. The van der Waals surface area contributed by atoms with Crippen LogP contribution >= 0.6 is 0 Å². The third-order valence-electron chi connectivity index (χ3n) is 4.65. The largest absolute Gasteiger partial charge is 0.456 e. The van der Waals surface area contributed by atoms with Crippen molar-refractivity contribution in [3.63, 3.8) is 0 Å². The summed E-state index contributed by atoms with van der Waals surface area (Å²) in [4.78, 5) is 0. The highest BCUT2D eigenvalue weighted by molar-refractivity contribution is 6.84. The fourth-order valence-corrected chi connectivity index (χ4v) is 11.3. The van der Waals surface area contributed by atoms with Gasteiger partial charge in [0.1, 0.15) is 30.5 Å². The Labute approximate surface area is 223 Å². The Morgan fingerprint density at radius 3 is 1.16 bits per heavy atom. The van der Waals surface area contributed by atoms with Crippen molar-refractivity contribution in [3.8, 4) is 0 Å². The quantitative estimate of drug-likeness (QED) is 0.0597. The van der Waals surface area contributed by atoms with Crippen LogP contribution in [0.15, 0.2) is 0 Å². The van der Waals surface area contributed by atoms with Gasteiger partial charge in [0.2, 0.25) is 0 Å². The molecule has 0 heterocycles. The van der Waals surface area contributed by atoms with Gasteiger partial charge in [-0.05, 0) is 45.2 Å². The Bertz CT molecular complexity index is 538. The van der Waals surface area contributed by atoms with E-state index in [4.69, 9.17) is 38.0 Å². The summed E-state index contributed by atoms with van der Waals surface area (Å²) in [6, 6.07) is 1.01. The van der Waals surface area contributed by atoms with E-state index in [2.05, 4.69) is 32.7 Å². The van der Waals surface area contributed by atoms with Crippen molar-refractivity contribution in [2.24, 2.45) is 0 Å². The van der Waals surface area contributed by atoms with Crippen LogP contribution in [0.25, 0.3) is 0 Å². The topological polar surface area (TPSA) is 177 Å². The van der Waals surface area contributed by atoms with Gasteiger partial charge >= 0.3 is 0 Å². The first-order valence-electron chi connectivity index (χ1n) is 12.8. The second-order valence-corrected chi connectivity index (χ2v) is 19.8. The van der Waals surface area contributed by atoms with E-state index >= 15 is 0 Å². The van der Waals surface area contributed by atoms with E-state index in [0.717, 1.165) is 12.5 Å². The van der Waals surface area contributed by atoms with Crippen LogP contribution in [-0.4, -0.2) is 150 Å². The van der Waals surface area contributed by atoms with E-state index in [1.807, 2.05) is 0 Å². The fourth-order valence-electron chi connectivity index (χ4n) is 3.30. The van der Waals surface area contributed by atoms with Crippen LogP contribution in [0.3, 0.4) is 0 Å². The maximum absolute atomic E-state index is 9.96. The number of hydrogen-bond donors (Lipinski definition) is 6. The van der Waals surface area contributed by atoms with Crippen LogP contribution in [0.1, 0.15) is 6.42 Å². The van der Waals surface area contributed by atoms with E-state index in [0.29, 0.717) is 6.61 Å². The minimum atomic E-state index is -1.68. The maximum Gasteiger partial charge on any atom is 0.173 e. The molecule has 0 saturated carbocycles. The molecule has 0 spiro atoms. The molecule has 0 saturated heterocycles. The molecule has 37 heavy (non-hydrogen) atoms. The average Bonchev–Trinajstić information content (AvgIpc) is 2.77. The van der Waals surface area contributed by atoms with E-state index in [1.165, 1.54) is 0 Å². The van der Waals surface area contributed by atoms with Gasteiger partial charge in [-0.25, -0.2) is 0 Å². The van der Waals surface area contributed by atoms with Crippen molar-refractivity contribution in [1.82, 2.24) is 0 Å². The second kappa shape index (κ2) is 20.8. The zero-order valence-electron chi connectivity index (χ0n) is 23.2. The third kappa shape index (κ3) is 24.7. The lowest BCUT2D eigenvalue weighted by Crippen LogP contribution is -2.42. The second-order valence-electron chi connectivity index (χ2n) is 10.8. The van der Waals surface area contributed by atoms with Crippen molar-refractivity contribution < 1.29 is 58.4 Å². The third-order valence-corrected chi connectivity index (χ3v) is 10.9. The molecular formula is C23H52O12Si2. The minimum absolute atomic E-state index is 0.0253. The lowest BCUT2D eigenvalue weighted by Gasteiger charge is -2.31. The molecule has 0 aliphatic rings. The summed E-state index contributed by atoms with van der Waals surface area (Å²) >= 11 is 0. The van der Waals surface area contributed by atoms with E-state index in [1.54, 1.807) is 0 Å². The highest BCUT2D eigenvalue weighted by Gasteiger charge is 2.28. The van der Waals surface area contributed by atoms with E-state index in [9.17, 15) is 20.4 Å². The maximum atomic E-state index is 9.96. The number of aliphatic hydroxyl groups is 6. The van der Waals surface area contributed by atoms with Gasteiger partial charge in [-0.2, -0.15) is 0 Å². The highest BCUT2D eigenvalue weighted by Crippen LogP contribution is 2.19. The molecule has 5 unspecified atom stereocenters. The summed E-state index contributed by atoms with van der Waals surface area (Å²) < 4.78 is 32.5. The number of aliphatic hydroxyl groups excluding tert-OH is 6. The lowest BCUT2D eigenvalue weighted by atomic mass is 10.3. The summed E-state index contributed by atoms with van der Waals surface area (Å²) in [6.45, 7) is 10.8. The van der Waals surface area contributed by atoms with Gasteiger partial charge in [0.25, 0.3) is 0 Å². The van der Waals surface area contributed by atoms with Crippen LogP contribution < -0.4 is 0 Å². The first kappa shape index (κ1) is 37.0. The summed E-state index contributed by atoms with van der Waals surface area (Å²) in [6.07, 6.45) is -3.73. The Morgan fingerprint density at radius 1 is 0.514 bits per heavy atom. The van der Waals surface area contributed by atoms with Crippen molar-refractivity contribution in [2.45, 2.75) is 75.7 Å². The van der Waals surface area contributed by atoms with Gasteiger partial charge in [-0.1, -0.05) is 0 Å². The van der Waals surface area contributed by atoms with Gasteiger partial charge in [-0.15, -0.1) is 0 Å². The minimum Gasteiger partial charge on any atom is -0.456 e. The van der Waals surface area contributed by atoms with Crippen LogP contribution in [0, 0.1) is 0 Å². The first-order valence-corrected chi connectivity index (χ1v) is 19.4. The number of ether oxygens (including phenoxy) is 5. The standard InChI is InChI=1S/C23H52O12Si2/c1-36(2,3)35-37(4,5)8-6-7-30-11-20(26)12-32-15-22(28)16-34-18-23(29)17-33-14-21(27)13-31-10-19(25)9-24/h19-29H,6-18H2,1-5H3. The summed E-state index contributed by atoms with van der Waals surface area (Å²) in [5.74, 6) is 0. The molecule has 0 bridgehead atoms. The van der Waals surface area contributed by atoms with Gasteiger partial charge in [0.15, 0.2) is 16.6 Å². The van der Waals surface area contributed by atoms with E-state index in [-0.39, 0.29) is 59.5 Å². The van der Waals surface area contributed by atoms with Crippen molar-refractivity contribution in [1.29, 1.82) is 0 Å². The molecule has 0 aromatic heterocycles. The first-order chi connectivity index (χ1) is 17.2. The predicted molar refractivity (Wildman–Crippen MR) is 143 cm³/mol. The van der Waals surface area contributed by atoms with Gasteiger partial charge in [0, 0.05) is 6.61 Å². The zero-order valence-corrected chi connectivity index (χ0v) is 25.2. The smallest absolute Gasteiger partial charge is 0.173 e. The molecule has 0 radical (unpaired) electrons. The summed E-state index contributed by atoms with van der Waals surface area (Å²) in [5.41, 5.74) is 0. The van der Waals surface area contributed by atoms with Crippen LogP contribution in [0.2, 0.25) is 38.8 Å². The molecule has 12 nitrogen and oxygen atoms in total. The van der Waals surface area contributed by atoms with Gasteiger partial charge < -0.3 is 58.4 Å². The predicted octanol–water partition coefficient (Wildman–Crippen LogP) is -0.687. The molecule has 0 amide bonds. The monoisotopic (exact) mass is 576 g/mol. The van der Waals surface area contributed by atoms with Gasteiger partial charge in [-0.3, -0.25) is 0 Å². The van der Waals surface area contributed by atoms with Crippen molar-refractivity contribution in [3.05, 3.63) is 0 Å². The fraction of sp³-hybridized carbons (Fsp3) is 1.00. The molecular weight excluding hydrogens is 524 g/mol. The molecule has 0 aromatic carbocycles. The zero-order chi connectivity index (χ0) is 28.3. The average molecular weight is 577 g/mol. The molecule has 0 fully saturated rings. The summed E-state index contributed by atoms with van der Waals surface area (Å²) in [5, 5.41) is 57.2. The van der Waals surface area contributed by atoms with Crippen LogP contribution in [0.4, 0.5) is 0 Å². The Morgan fingerprint density at radius 2 is 0.838 bits per heavy atom. The lowest BCUT2D eigenvalue weighted by molar-refractivity contribution is -0.0817. The van der Waals surface area contributed by atoms with Gasteiger partial charge in [0.05, 0.1) is 66.1 Å². The molecule has 14 heteroatoms. The molecule has 0 aromatic rings. The number of hydrogen-bond acceptors (Lipinski definition) is 12. The molecule has 6 N–H and O–H groups in total. The number of rotatable bonds is 25. The van der Waals surface area contributed by atoms with E-state index < -0.39 is 53.8 Å². The molecule has 0 aliphatic heterocycles. The highest BCUT2D eigenvalue weighted by atomic mass is 28.4. The molecule has 224 valence electrons. The summed E-state index contributed by atoms with van der Waals surface area (Å²) in [7, 11) is -3.23. The van der Waals surface area contributed by atoms with Crippen molar-refractivity contribution >= 4 is 16.6 Å². The molecule has 0 aliphatic carbocycles. The van der Waals surface area contributed by atoms with Crippen molar-refractivity contribution in [2.75, 3.05) is 72.7 Å².